The molecule has 2 atom stereocenters. The van der Waals surface area contributed by atoms with E-state index in [0.29, 0.717) is 6.04 Å². The van der Waals surface area contributed by atoms with Crippen LogP contribution in [-0.4, -0.2) is 12.1 Å². The summed E-state index contributed by atoms with van der Waals surface area (Å²) < 4.78 is 0. The fraction of sp³-hybridized carbons (Fsp3) is 0.875. The van der Waals surface area contributed by atoms with Gasteiger partial charge in [-0.15, -0.1) is 0 Å². The van der Waals surface area contributed by atoms with Crippen molar-refractivity contribution >= 4 is 6.08 Å². The molecule has 2 fully saturated rings. The van der Waals surface area contributed by atoms with Gasteiger partial charge in [-0.3, -0.25) is 0 Å². The Bertz CT molecular complexity index is 180. The van der Waals surface area contributed by atoms with Crippen molar-refractivity contribution in [3.05, 3.63) is 0 Å². The topological polar surface area (TPSA) is 29.4 Å². The first-order valence-electron chi connectivity index (χ1n) is 3.99. The van der Waals surface area contributed by atoms with E-state index in [9.17, 15) is 4.79 Å². The maximum atomic E-state index is 9.84. The lowest BCUT2D eigenvalue weighted by atomic mass is 9.81. The maximum absolute atomic E-state index is 9.84. The molecule has 2 heteroatoms. The Kier molecular flexibility index (Phi) is 1.35. The largest absolute Gasteiger partial charge is 0.235 e. The summed E-state index contributed by atoms with van der Waals surface area (Å²) in [6.07, 6.45) is 6.92. The zero-order valence-electron chi connectivity index (χ0n) is 5.92. The smallest absolute Gasteiger partial charge is 0.211 e. The molecule has 0 aromatic rings. The molecule has 2 nitrogen and oxygen atoms in total. The van der Waals surface area contributed by atoms with Crippen LogP contribution in [0.2, 0.25) is 0 Å². The summed E-state index contributed by atoms with van der Waals surface area (Å²) in [6, 6.07) is 0.364. The van der Waals surface area contributed by atoms with Crippen LogP contribution in [0.5, 0.6) is 0 Å². The van der Waals surface area contributed by atoms with Crippen LogP contribution < -0.4 is 0 Å². The highest BCUT2D eigenvalue weighted by Crippen LogP contribution is 2.48. The molecule has 0 radical (unpaired) electrons. The molecule has 0 amide bonds. The second-order valence-corrected chi connectivity index (χ2v) is 3.38. The SMILES string of the molecule is O=C=NC1CC1C1CCC1. The van der Waals surface area contributed by atoms with Gasteiger partial charge in [-0.1, -0.05) is 19.3 Å². The Labute approximate surface area is 60.3 Å². The summed E-state index contributed by atoms with van der Waals surface area (Å²) in [7, 11) is 0. The summed E-state index contributed by atoms with van der Waals surface area (Å²) in [5.41, 5.74) is 0. The molecule has 0 heterocycles. The highest BCUT2D eigenvalue weighted by molar-refractivity contribution is 5.35. The van der Waals surface area contributed by atoms with E-state index in [1.54, 1.807) is 6.08 Å². The van der Waals surface area contributed by atoms with Crippen molar-refractivity contribution in [1.29, 1.82) is 0 Å². The van der Waals surface area contributed by atoms with E-state index in [-0.39, 0.29) is 0 Å². The van der Waals surface area contributed by atoms with Gasteiger partial charge in [0.15, 0.2) is 0 Å². The molecule has 2 unspecified atom stereocenters. The first-order valence-corrected chi connectivity index (χ1v) is 3.99. The van der Waals surface area contributed by atoms with Gasteiger partial charge in [0.05, 0.1) is 6.04 Å². The monoisotopic (exact) mass is 137 g/mol. The van der Waals surface area contributed by atoms with Crippen LogP contribution in [0.15, 0.2) is 4.99 Å². The molecule has 0 aromatic heterocycles. The molecule has 0 bridgehead atoms. The molecular formula is C8H11NO. The van der Waals surface area contributed by atoms with Crippen molar-refractivity contribution in [2.75, 3.05) is 0 Å². The van der Waals surface area contributed by atoms with Crippen LogP contribution in [0.1, 0.15) is 25.7 Å². The third-order valence-electron chi connectivity index (χ3n) is 2.78. The summed E-state index contributed by atoms with van der Waals surface area (Å²) in [5.74, 6) is 1.66. The Hall–Kier alpha value is -0.620. The zero-order valence-corrected chi connectivity index (χ0v) is 5.92. The molecule has 2 rings (SSSR count). The van der Waals surface area contributed by atoms with Gasteiger partial charge in [0.2, 0.25) is 6.08 Å². The molecule has 2 aliphatic carbocycles. The van der Waals surface area contributed by atoms with Gasteiger partial charge in [0, 0.05) is 0 Å². The number of carbonyl (C=O) groups excluding carboxylic acids is 1. The highest BCUT2D eigenvalue weighted by Gasteiger charge is 2.44. The molecule has 54 valence electrons. The molecule has 0 spiro atoms. The maximum Gasteiger partial charge on any atom is 0.235 e. The first kappa shape index (κ1) is 6.11. The molecule has 2 saturated carbocycles. The fourth-order valence-corrected chi connectivity index (χ4v) is 1.79. The second kappa shape index (κ2) is 2.21. The van der Waals surface area contributed by atoms with E-state index in [4.69, 9.17) is 0 Å². The van der Waals surface area contributed by atoms with E-state index in [2.05, 4.69) is 4.99 Å². The number of rotatable bonds is 2. The molecule has 0 aromatic carbocycles. The van der Waals surface area contributed by atoms with Crippen LogP contribution in [-0.2, 0) is 4.79 Å². The van der Waals surface area contributed by atoms with Crippen LogP contribution in [0.3, 0.4) is 0 Å². The Morgan fingerprint density at radius 2 is 2.20 bits per heavy atom. The number of isocyanates is 1. The standard InChI is InChI=1S/C8H11NO/c10-5-9-8-4-7(8)6-2-1-3-6/h6-8H,1-4H2. The molecule has 2 aliphatic rings. The Morgan fingerprint density at radius 1 is 1.40 bits per heavy atom. The normalized spacial score (nSPS) is 38.0. The minimum absolute atomic E-state index is 0.364. The van der Waals surface area contributed by atoms with Crippen molar-refractivity contribution < 1.29 is 4.79 Å². The highest BCUT2D eigenvalue weighted by atomic mass is 16.1. The Balaban J connectivity index is 1.83. The van der Waals surface area contributed by atoms with Gasteiger partial charge in [0.1, 0.15) is 0 Å². The predicted molar refractivity (Wildman–Crippen MR) is 37.4 cm³/mol. The second-order valence-electron chi connectivity index (χ2n) is 3.38. The van der Waals surface area contributed by atoms with Crippen molar-refractivity contribution in [1.82, 2.24) is 0 Å². The Morgan fingerprint density at radius 3 is 2.70 bits per heavy atom. The molecule has 0 saturated heterocycles. The van der Waals surface area contributed by atoms with Crippen molar-refractivity contribution in [2.24, 2.45) is 16.8 Å². The average molecular weight is 137 g/mol. The number of nitrogens with zero attached hydrogens (tertiary/aromatic N) is 1. The van der Waals surface area contributed by atoms with Crippen LogP contribution >= 0.6 is 0 Å². The predicted octanol–water partition coefficient (Wildman–Crippen LogP) is 1.51. The van der Waals surface area contributed by atoms with Gasteiger partial charge in [-0.25, -0.2) is 9.79 Å². The number of hydrogen-bond acceptors (Lipinski definition) is 2. The van der Waals surface area contributed by atoms with Gasteiger partial charge < -0.3 is 0 Å². The molecule has 0 N–H and O–H groups in total. The van der Waals surface area contributed by atoms with E-state index in [1.165, 1.54) is 19.3 Å². The van der Waals surface area contributed by atoms with Crippen LogP contribution in [0, 0.1) is 11.8 Å². The average Bonchev–Trinajstić information content (AvgIpc) is 2.44. The quantitative estimate of drug-likeness (QED) is 0.419. The number of hydrogen-bond donors (Lipinski definition) is 0. The van der Waals surface area contributed by atoms with Crippen molar-refractivity contribution in [2.45, 2.75) is 31.7 Å². The van der Waals surface area contributed by atoms with Gasteiger partial charge in [0.25, 0.3) is 0 Å². The van der Waals surface area contributed by atoms with E-state index in [0.717, 1.165) is 18.3 Å². The lowest BCUT2D eigenvalue weighted by Gasteiger charge is -2.24. The summed E-state index contributed by atoms with van der Waals surface area (Å²) in [6.45, 7) is 0. The summed E-state index contributed by atoms with van der Waals surface area (Å²) >= 11 is 0. The first-order chi connectivity index (χ1) is 4.92. The van der Waals surface area contributed by atoms with Gasteiger partial charge in [-0.2, -0.15) is 0 Å². The zero-order chi connectivity index (χ0) is 6.97. The van der Waals surface area contributed by atoms with Crippen LogP contribution in [0.4, 0.5) is 0 Å². The lowest BCUT2D eigenvalue weighted by Crippen LogP contribution is -2.14. The summed E-state index contributed by atoms with van der Waals surface area (Å²) in [4.78, 5) is 13.6. The molecule has 10 heavy (non-hydrogen) atoms. The molecule has 0 aliphatic heterocycles. The van der Waals surface area contributed by atoms with Gasteiger partial charge >= 0.3 is 0 Å². The van der Waals surface area contributed by atoms with E-state index < -0.39 is 0 Å². The van der Waals surface area contributed by atoms with Gasteiger partial charge in [-0.05, 0) is 18.3 Å². The third kappa shape index (κ3) is 0.889. The number of aliphatic imine (C=N–C) groups is 1. The minimum atomic E-state index is 0.364. The van der Waals surface area contributed by atoms with Crippen molar-refractivity contribution in [3.8, 4) is 0 Å². The lowest BCUT2D eigenvalue weighted by molar-refractivity contribution is 0.273. The van der Waals surface area contributed by atoms with E-state index in [1.807, 2.05) is 0 Å². The van der Waals surface area contributed by atoms with Crippen LogP contribution in [0.25, 0.3) is 0 Å². The van der Waals surface area contributed by atoms with E-state index >= 15 is 0 Å². The minimum Gasteiger partial charge on any atom is -0.211 e. The summed E-state index contributed by atoms with van der Waals surface area (Å²) in [5, 5.41) is 0. The third-order valence-corrected chi connectivity index (χ3v) is 2.78. The van der Waals surface area contributed by atoms with Crippen molar-refractivity contribution in [3.63, 3.8) is 0 Å². The fourth-order valence-electron chi connectivity index (χ4n) is 1.79. The molecular weight excluding hydrogens is 126 g/mol.